The molecular formula is C19H21N5OS. The summed E-state index contributed by atoms with van der Waals surface area (Å²) in [6.45, 7) is 4.92. The lowest BCUT2D eigenvalue weighted by atomic mass is 10.1. The van der Waals surface area contributed by atoms with Crippen LogP contribution in [0.5, 0.6) is 0 Å². The summed E-state index contributed by atoms with van der Waals surface area (Å²) in [4.78, 5) is 20.4. The van der Waals surface area contributed by atoms with Crippen molar-refractivity contribution in [3.8, 4) is 0 Å². The third kappa shape index (κ3) is 4.70. The van der Waals surface area contributed by atoms with Gasteiger partial charge in [0.1, 0.15) is 0 Å². The minimum Gasteiger partial charge on any atom is -0.335 e. The highest BCUT2D eigenvalue weighted by atomic mass is 32.2. The van der Waals surface area contributed by atoms with Gasteiger partial charge in [-0.25, -0.2) is 5.43 Å². The molecular weight excluding hydrogens is 346 g/mol. The first-order valence-electron chi connectivity index (χ1n) is 8.49. The quantitative estimate of drug-likeness (QED) is 0.626. The molecule has 7 heteroatoms. The van der Waals surface area contributed by atoms with Gasteiger partial charge in [-0.1, -0.05) is 30.8 Å². The molecule has 0 radical (unpaired) electrons. The van der Waals surface area contributed by atoms with Gasteiger partial charge in [0.2, 0.25) is 0 Å². The van der Waals surface area contributed by atoms with Crippen molar-refractivity contribution in [3.05, 3.63) is 59.9 Å². The first-order chi connectivity index (χ1) is 12.7. The van der Waals surface area contributed by atoms with Crippen molar-refractivity contribution in [2.45, 2.75) is 25.5 Å². The second kappa shape index (κ2) is 8.62. The van der Waals surface area contributed by atoms with Crippen LogP contribution in [-0.4, -0.2) is 33.6 Å². The number of carbonyl (C=O) groups is 1. The zero-order chi connectivity index (χ0) is 18.4. The molecule has 0 saturated heterocycles. The molecule has 2 N–H and O–H groups in total. The van der Waals surface area contributed by atoms with E-state index >= 15 is 0 Å². The lowest BCUT2D eigenvalue weighted by molar-refractivity contribution is 0.0954. The Bertz CT molecular complexity index is 818. The molecule has 0 spiro atoms. The lowest BCUT2D eigenvalue weighted by Gasteiger charge is -2.08. The van der Waals surface area contributed by atoms with Crippen LogP contribution in [-0.2, 0) is 0 Å². The average Bonchev–Trinajstić information content (AvgIpc) is 3.14. The number of carbonyl (C=O) groups excluding carboxylic acids is 1. The molecule has 1 aromatic heterocycles. The van der Waals surface area contributed by atoms with Crippen molar-refractivity contribution in [1.29, 1.82) is 0 Å². The number of amides is 1. The number of thioether (sulfide) groups is 1. The molecule has 0 unspecified atom stereocenters. The molecule has 3 rings (SSSR count). The fourth-order valence-electron chi connectivity index (χ4n) is 2.38. The van der Waals surface area contributed by atoms with Crippen molar-refractivity contribution >= 4 is 34.2 Å². The van der Waals surface area contributed by atoms with E-state index in [-0.39, 0.29) is 5.91 Å². The Kier molecular flexibility index (Phi) is 6.01. The van der Waals surface area contributed by atoms with Gasteiger partial charge < -0.3 is 5.32 Å². The number of rotatable bonds is 5. The van der Waals surface area contributed by atoms with Gasteiger partial charge in [-0.2, -0.15) is 5.10 Å². The predicted octanol–water partition coefficient (Wildman–Crippen LogP) is 3.53. The maximum atomic E-state index is 12.0. The topological polar surface area (TPSA) is 78.7 Å². The van der Waals surface area contributed by atoms with Gasteiger partial charge in [0.05, 0.1) is 12.3 Å². The second-order valence-electron chi connectivity index (χ2n) is 5.87. The largest absolute Gasteiger partial charge is 0.335 e. The van der Waals surface area contributed by atoms with E-state index < -0.39 is 0 Å². The van der Waals surface area contributed by atoms with E-state index in [0.717, 1.165) is 35.1 Å². The van der Waals surface area contributed by atoms with E-state index in [4.69, 9.17) is 0 Å². The van der Waals surface area contributed by atoms with Crippen LogP contribution < -0.4 is 10.7 Å². The van der Waals surface area contributed by atoms with E-state index in [2.05, 4.69) is 32.7 Å². The van der Waals surface area contributed by atoms with Crippen LogP contribution in [0.1, 0.15) is 36.2 Å². The van der Waals surface area contributed by atoms with Crippen LogP contribution in [0.25, 0.3) is 0 Å². The number of hydrogen-bond donors (Lipinski definition) is 2. The zero-order valence-corrected chi connectivity index (χ0v) is 15.6. The highest BCUT2D eigenvalue weighted by molar-refractivity contribution is 8.15. The summed E-state index contributed by atoms with van der Waals surface area (Å²) in [5.74, 6) is -0.258. The number of hydrazone groups is 1. The summed E-state index contributed by atoms with van der Waals surface area (Å²) in [6, 6.07) is 11.2. The van der Waals surface area contributed by atoms with Crippen LogP contribution in [0.3, 0.4) is 0 Å². The number of nitrogens with one attached hydrogen (secondary N) is 2. The molecule has 0 aliphatic carbocycles. The molecule has 2 aromatic rings. The Morgan fingerprint density at radius 3 is 2.58 bits per heavy atom. The maximum Gasteiger partial charge on any atom is 0.271 e. The van der Waals surface area contributed by atoms with Gasteiger partial charge in [0, 0.05) is 28.9 Å². The van der Waals surface area contributed by atoms with Gasteiger partial charge in [0.15, 0.2) is 5.17 Å². The van der Waals surface area contributed by atoms with E-state index in [0.29, 0.717) is 10.8 Å². The average molecular weight is 367 g/mol. The Morgan fingerprint density at radius 1 is 1.19 bits per heavy atom. The molecule has 1 aromatic carbocycles. The number of aliphatic imine (C=N–C) groups is 1. The highest BCUT2D eigenvalue weighted by Crippen LogP contribution is 2.24. The molecule has 1 aliphatic heterocycles. The minimum absolute atomic E-state index is 0.258. The Balaban J connectivity index is 1.58. The van der Waals surface area contributed by atoms with E-state index in [1.54, 1.807) is 36.3 Å². The van der Waals surface area contributed by atoms with Gasteiger partial charge in [-0.3, -0.25) is 14.8 Å². The number of pyridine rings is 1. The van der Waals surface area contributed by atoms with E-state index in [1.165, 1.54) is 0 Å². The maximum absolute atomic E-state index is 12.0. The van der Waals surface area contributed by atoms with Crippen molar-refractivity contribution in [2.75, 3.05) is 11.9 Å². The van der Waals surface area contributed by atoms with Gasteiger partial charge in [-0.15, -0.1) is 0 Å². The molecule has 26 heavy (non-hydrogen) atoms. The van der Waals surface area contributed by atoms with E-state index in [9.17, 15) is 4.79 Å². The number of hydrogen-bond acceptors (Lipinski definition) is 6. The smallest absolute Gasteiger partial charge is 0.271 e. The molecule has 1 atom stereocenters. The number of aromatic nitrogens is 1. The fraction of sp³-hybridized carbons (Fsp3) is 0.263. The number of amidine groups is 1. The number of benzene rings is 1. The summed E-state index contributed by atoms with van der Waals surface area (Å²) in [7, 11) is 0. The summed E-state index contributed by atoms with van der Waals surface area (Å²) in [5.41, 5.74) is 5.76. The first-order valence-corrected chi connectivity index (χ1v) is 9.37. The van der Waals surface area contributed by atoms with Crippen molar-refractivity contribution in [1.82, 2.24) is 10.4 Å². The Labute approximate surface area is 157 Å². The normalized spacial score (nSPS) is 16.9. The van der Waals surface area contributed by atoms with Crippen LogP contribution in [0.4, 0.5) is 5.69 Å². The third-order valence-corrected chi connectivity index (χ3v) is 5.26. The molecule has 2 heterocycles. The minimum atomic E-state index is -0.258. The van der Waals surface area contributed by atoms with Crippen molar-refractivity contribution in [2.24, 2.45) is 10.1 Å². The molecule has 0 fully saturated rings. The van der Waals surface area contributed by atoms with Gasteiger partial charge in [0.25, 0.3) is 5.91 Å². The summed E-state index contributed by atoms with van der Waals surface area (Å²) >= 11 is 1.79. The van der Waals surface area contributed by atoms with Crippen LogP contribution in [0, 0.1) is 0 Å². The Hall–Kier alpha value is -2.67. The van der Waals surface area contributed by atoms with Crippen molar-refractivity contribution in [3.63, 3.8) is 0 Å². The summed E-state index contributed by atoms with van der Waals surface area (Å²) in [6.07, 6.45) is 4.28. The molecule has 1 aliphatic rings. The summed E-state index contributed by atoms with van der Waals surface area (Å²) in [5, 5.41) is 9.06. The SMILES string of the molecule is CC[C@@H]1CN=C(Nc2ccc(/C(C)=N\NC(=O)c3ccncc3)cc2)S1. The Morgan fingerprint density at radius 2 is 1.92 bits per heavy atom. The fourth-order valence-corrected chi connectivity index (χ4v) is 3.34. The van der Waals surface area contributed by atoms with Crippen LogP contribution in [0.15, 0.2) is 58.9 Å². The highest BCUT2D eigenvalue weighted by Gasteiger charge is 2.17. The number of anilines is 1. The van der Waals surface area contributed by atoms with E-state index in [1.807, 2.05) is 31.2 Å². The molecule has 134 valence electrons. The van der Waals surface area contributed by atoms with Crippen LogP contribution >= 0.6 is 11.8 Å². The lowest BCUT2D eigenvalue weighted by Crippen LogP contribution is -2.19. The van der Waals surface area contributed by atoms with Gasteiger partial charge >= 0.3 is 0 Å². The zero-order valence-electron chi connectivity index (χ0n) is 14.8. The van der Waals surface area contributed by atoms with Crippen molar-refractivity contribution < 1.29 is 4.79 Å². The van der Waals surface area contributed by atoms with Gasteiger partial charge in [-0.05, 0) is 43.2 Å². The summed E-state index contributed by atoms with van der Waals surface area (Å²) < 4.78 is 0. The molecule has 6 nitrogen and oxygen atoms in total. The molecule has 0 bridgehead atoms. The second-order valence-corrected chi connectivity index (χ2v) is 7.16. The van der Waals surface area contributed by atoms with Crippen LogP contribution in [0.2, 0.25) is 0 Å². The molecule has 0 saturated carbocycles. The third-order valence-electron chi connectivity index (χ3n) is 3.99. The number of nitrogens with zero attached hydrogens (tertiary/aromatic N) is 3. The first kappa shape index (κ1) is 18.1. The monoisotopic (exact) mass is 367 g/mol. The standard InChI is InChI=1S/C19H21N5OS/c1-3-17-12-21-19(26-17)22-16-6-4-14(5-7-16)13(2)23-24-18(25)15-8-10-20-11-9-15/h4-11,17H,3,12H2,1-2H3,(H,21,22)(H,24,25)/b23-13-/t17-/m1/s1. The predicted molar refractivity (Wildman–Crippen MR) is 108 cm³/mol. The molecule has 1 amide bonds.